The minimum atomic E-state index is -1.34. The molecule has 6 nitrogen and oxygen atoms in total. The Labute approximate surface area is 190 Å². The molecule has 4 aromatic rings. The predicted octanol–water partition coefficient (Wildman–Crippen LogP) is 3.86. The highest BCUT2D eigenvalue weighted by Gasteiger charge is 2.19. The van der Waals surface area contributed by atoms with E-state index in [1.54, 1.807) is 24.6 Å². The summed E-state index contributed by atoms with van der Waals surface area (Å²) in [5, 5.41) is 1.33. The second kappa shape index (κ2) is 9.07. The lowest BCUT2D eigenvalue weighted by atomic mass is 10.0. The minimum absolute atomic E-state index is 0.00453. The van der Waals surface area contributed by atoms with Crippen LogP contribution in [0.3, 0.4) is 0 Å². The predicted molar refractivity (Wildman–Crippen MR) is 120 cm³/mol. The Kier molecular flexibility index (Phi) is 6.19. The number of rotatable bonds is 6. The molecule has 2 aromatic heterocycles. The Morgan fingerprint density at radius 3 is 2.55 bits per heavy atom. The van der Waals surface area contributed by atoms with E-state index >= 15 is 0 Å². The highest BCUT2D eigenvalue weighted by molar-refractivity contribution is 7.98. The van der Waals surface area contributed by atoms with Gasteiger partial charge in [0.15, 0.2) is 16.8 Å². The van der Waals surface area contributed by atoms with Crippen LogP contribution in [0.4, 0.5) is 13.2 Å². The number of hydrogen-bond donors (Lipinski definition) is 0. The first kappa shape index (κ1) is 22.5. The summed E-state index contributed by atoms with van der Waals surface area (Å²) in [7, 11) is 0. The molecule has 0 amide bonds. The van der Waals surface area contributed by atoms with Crippen molar-refractivity contribution in [1.29, 1.82) is 0 Å². The van der Waals surface area contributed by atoms with Crippen molar-refractivity contribution >= 4 is 22.5 Å². The van der Waals surface area contributed by atoms with E-state index < -0.39 is 35.4 Å². The summed E-state index contributed by atoms with van der Waals surface area (Å²) in [6.45, 7) is 3.29. The lowest BCUT2D eigenvalue weighted by Gasteiger charge is -2.15. The first-order chi connectivity index (χ1) is 15.8. The molecule has 0 aliphatic carbocycles. The van der Waals surface area contributed by atoms with Crippen LogP contribution in [-0.4, -0.2) is 25.4 Å². The second-order valence-corrected chi connectivity index (χ2v) is 7.88. The number of fused-ring (bicyclic) bond motifs is 1. The quantitative estimate of drug-likeness (QED) is 0.243. The van der Waals surface area contributed by atoms with Crippen LogP contribution < -0.4 is 11.4 Å². The molecule has 33 heavy (non-hydrogen) atoms. The zero-order valence-electron chi connectivity index (χ0n) is 17.4. The number of aromatic nitrogens is 4. The first-order valence-electron chi connectivity index (χ1n) is 9.74. The maximum absolute atomic E-state index is 14.3. The van der Waals surface area contributed by atoms with E-state index in [0.717, 1.165) is 26.5 Å². The van der Waals surface area contributed by atoms with E-state index in [1.807, 2.05) is 12.1 Å². The number of thioether (sulfide) groups is 1. The molecule has 0 bridgehead atoms. The fraction of sp³-hybridized carbons (Fsp3) is 0.130. The van der Waals surface area contributed by atoms with E-state index in [4.69, 9.17) is 0 Å². The van der Waals surface area contributed by atoms with Crippen molar-refractivity contribution in [2.45, 2.75) is 18.1 Å². The maximum Gasteiger partial charge on any atom is 0.358 e. The molecule has 0 spiro atoms. The Morgan fingerprint density at radius 1 is 1.06 bits per heavy atom. The molecule has 0 fully saturated rings. The summed E-state index contributed by atoms with van der Waals surface area (Å²) in [6, 6.07) is 6.56. The van der Waals surface area contributed by atoms with Gasteiger partial charge in [0.1, 0.15) is 5.82 Å². The van der Waals surface area contributed by atoms with E-state index in [0.29, 0.717) is 29.3 Å². The van der Waals surface area contributed by atoms with Gasteiger partial charge in [-0.2, -0.15) is 4.98 Å². The van der Waals surface area contributed by atoms with Gasteiger partial charge in [-0.3, -0.25) is 9.55 Å². The number of benzene rings is 2. The SMILES string of the molecule is C=CCc1cccc2cncc(-n3c(=O)nc(SC)n(Cc4cc(F)c(F)cc4F)c3=O)c12. The van der Waals surface area contributed by atoms with Gasteiger partial charge < -0.3 is 0 Å². The third-order valence-corrected chi connectivity index (χ3v) is 5.77. The minimum Gasteiger partial charge on any atom is -0.267 e. The van der Waals surface area contributed by atoms with Crippen LogP contribution in [0.15, 0.2) is 70.1 Å². The van der Waals surface area contributed by atoms with Gasteiger partial charge in [0, 0.05) is 28.6 Å². The van der Waals surface area contributed by atoms with Gasteiger partial charge in [0.05, 0.1) is 18.4 Å². The molecule has 0 radical (unpaired) electrons. The fourth-order valence-corrected chi connectivity index (χ4v) is 4.15. The first-order valence-corrected chi connectivity index (χ1v) is 11.0. The van der Waals surface area contributed by atoms with Gasteiger partial charge in [-0.25, -0.2) is 27.3 Å². The average molecular weight is 470 g/mol. The highest BCUT2D eigenvalue weighted by Crippen LogP contribution is 2.25. The van der Waals surface area contributed by atoms with Gasteiger partial charge in [-0.05, 0) is 24.3 Å². The van der Waals surface area contributed by atoms with Crippen LogP contribution in [0.5, 0.6) is 0 Å². The van der Waals surface area contributed by atoms with E-state index in [2.05, 4.69) is 16.5 Å². The summed E-state index contributed by atoms with van der Waals surface area (Å²) >= 11 is 0.994. The highest BCUT2D eigenvalue weighted by atomic mass is 32.2. The number of pyridine rings is 1. The van der Waals surface area contributed by atoms with Crippen molar-refractivity contribution < 1.29 is 13.2 Å². The standard InChI is InChI=1S/C23H17F3N4O2S/c1-3-5-13-6-4-7-14-10-27-11-19(20(13)14)30-21(31)28-22(33-2)29(23(30)32)12-15-8-17(25)18(26)9-16(15)24/h3-4,6-11H,1,5,12H2,2H3. The molecular formula is C23H17F3N4O2S. The van der Waals surface area contributed by atoms with Gasteiger partial charge in [-0.15, -0.1) is 6.58 Å². The molecule has 0 unspecified atom stereocenters. The summed E-state index contributed by atoms with van der Waals surface area (Å²) < 4.78 is 43.3. The Balaban J connectivity index is 2.00. The molecule has 0 saturated carbocycles. The summed E-state index contributed by atoms with van der Waals surface area (Å²) in [5.74, 6) is -3.61. The Bertz CT molecular complexity index is 1510. The molecule has 0 aliphatic rings. The van der Waals surface area contributed by atoms with Gasteiger partial charge in [0.2, 0.25) is 0 Å². The van der Waals surface area contributed by atoms with E-state index in [9.17, 15) is 22.8 Å². The largest absolute Gasteiger partial charge is 0.358 e. The molecular weight excluding hydrogens is 453 g/mol. The van der Waals surface area contributed by atoms with Gasteiger partial charge >= 0.3 is 11.4 Å². The zero-order valence-corrected chi connectivity index (χ0v) is 18.2. The topological polar surface area (TPSA) is 69.8 Å². The number of nitrogens with zero attached hydrogens (tertiary/aromatic N) is 4. The summed E-state index contributed by atoms with van der Waals surface area (Å²) in [5.41, 5.74) is -0.889. The summed E-state index contributed by atoms with van der Waals surface area (Å²) in [4.78, 5) is 34.5. The number of allylic oxidation sites excluding steroid dienone is 1. The molecule has 168 valence electrons. The smallest absolute Gasteiger partial charge is 0.267 e. The van der Waals surface area contributed by atoms with Crippen molar-refractivity contribution in [2.24, 2.45) is 0 Å². The Morgan fingerprint density at radius 2 is 1.82 bits per heavy atom. The fourth-order valence-electron chi connectivity index (χ4n) is 3.62. The second-order valence-electron chi connectivity index (χ2n) is 7.11. The van der Waals surface area contributed by atoms with E-state index in [1.165, 1.54) is 6.20 Å². The molecule has 0 saturated heterocycles. The zero-order chi connectivity index (χ0) is 23.7. The van der Waals surface area contributed by atoms with Crippen LogP contribution in [0.25, 0.3) is 16.5 Å². The Hall–Kier alpha value is -3.66. The lowest BCUT2D eigenvalue weighted by molar-refractivity contribution is 0.482. The van der Waals surface area contributed by atoms with Crippen molar-refractivity contribution in [1.82, 2.24) is 19.1 Å². The molecule has 2 aromatic carbocycles. The van der Waals surface area contributed by atoms with Crippen molar-refractivity contribution in [3.05, 3.63) is 105 Å². The van der Waals surface area contributed by atoms with Crippen LogP contribution in [0.2, 0.25) is 0 Å². The third-order valence-electron chi connectivity index (χ3n) is 5.09. The van der Waals surface area contributed by atoms with Crippen molar-refractivity contribution in [3.8, 4) is 5.69 Å². The normalized spacial score (nSPS) is 11.2. The lowest BCUT2D eigenvalue weighted by Crippen LogP contribution is -2.42. The monoisotopic (exact) mass is 470 g/mol. The maximum atomic E-state index is 14.3. The van der Waals surface area contributed by atoms with Gasteiger partial charge in [-0.1, -0.05) is 36.0 Å². The van der Waals surface area contributed by atoms with Crippen LogP contribution in [0, 0.1) is 17.5 Å². The van der Waals surface area contributed by atoms with Crippen LogP contribution in [0.1, 0.15) is 11.1 Å². The average Bonchev–Trinajstić information content (AvgIpc) is 2.79. The molecule has 0 atom stereocenters. The van der Waals surface area contributed by atoms with E-state index in [-0.39, 0.29) is 16.4 Å². The third kappa shape index (κ3) is 4.09. The van der Waals surface area contributed by atoms with Crippen LogP contribution in [-0.2, 0) is 13.0 Å². The van der Waals surface area contributed by atoms with Gasteiger partial charge in [0.25, 0.3) is 0 Å². The van der Waals surface area contributed by atoms with Crippen LogP contribution >= 0.6 is 11.8 Å². The van der Waals surface area contributed by atoms with Crippen molar-refractivity contribution in [2.75, 3.05) is 6.26 Å². The molecule has 10 heteroatoms. The molecule has 2 heterocycles. The molecule has 0 aliphatic heterocycles. The molecule has 4 rings (SSSR count). The van der Waals surface area contributed by atoms with Crippen molar-refractivity contribution in [3.63, 3.8) is 0 Å². The molecule has 0 N–H and O–H groups in total. The number of halogens is 3. The number of hydrogen-bond acceptors (Lipinski definition) is 5. The summed E-state index contributed by atoms with van der Waals surface area (Å²) in [6.07, 6.45) is 6.75.